The molecule has 0 bridgehead atoms. The van der Waals surface area contributed by atoms with Crippen molar-refractivity contribution in [3.05, 3.63) is 35.9 Å². The molecule has 0 saturated carbocycles. The molecule has 2 fully saturated rings. The van der Waals surface area contributed by atoms with Gasteiger partial charge in [0.25, 0.3) is 0 Å². The minimum Gasteiger partial charge on any atom is -0.291 e. The number of fused-ring (bicyclic) bond motifs is 1. The van der Waals surface area contributed by atoms with Crippen LogP contribution in [0.25, 0.3) is 0 Å². The zero-order chi connectivity index (χ0) is 15.0. The van der Waals surface area contributed by atoms with Crippen LogP contribution < -0.4 is 0 Å². The minimum absolute atomic E-state index is 0.354. The first-order chi connectivity index (χ1) is 9.97. The zero-order valence-corrected chi connectivity index (χ0v) is 14.0. The Morgan fingerprint density at radius 2 is 1.86 bits per heavy atom. The maximum absolute atomic E-state index is 2.79. The molecule has 2 aliphatic heterocycles. The predicted molar refractivity (Wildman–Crippen MR) is 89.0 cm³/mol. The van der Waals surface area contributed by atoms with Crippen LogP contribution >= 0.6 is 0 Å². The molecular weight excluding hydrogens is 256 g/mol. The summed E-state index contributed by atoms with van der Waals surface area (Å²) in [5, 5.41) is 0. The molecule has 2 heterocycles. The van der Waals surface area contributed by atoms with Gasteiger partial charge in [0.1, 0.15) is 0 Å². The second-order valence-electron chi connectivity index (χ2n) is 8.07. The van der Waals surface area contributed by atoms with E-state index < -0.39 is 0 Å². The average molecular weight is 286 g/mol. The number of hydrogen-bond donors (Lipinski definition) is 0. The number of piperidine rings is 1. The summed E-state index contributed by atoms with van der Waals surface area (Å²) in [6, 6.07) is 11.7. The molecule has 2 aliphatic rings. The first-order valence-electron chi connectivity index (χ1n) is 8.47. The molecular formula is C19H30N2. The van der Waals surface area contributed by atoms with Crippen LogP contribution in [0.1, 0.15) is 45.6 Å². The second kappa shape index (κ2) is 5.73. The highest BCUT2D eigenvalue weighted by atomic mass is 15.4. The molecule has 0 aliphatic carbocycles. The van der Waals surface area contributed by atoms with E-state index in [4.69, 9.17) is 0 Å². The lowest BCUT2D eigenvalue weighted by Gasteiger charge is -2.43. The van der Waals surface area contributed by atoms with Crippen molar-refractivity contribution in [1.82, 2.24) is 9.80 Å². The highest BCUT2D eigenvalue weighted by molar-refractivity contribution is 5.16. The molecule has 0 radical (unpaired) electrons. The number of rotatable bonds is 2. The van der Waals surface area contributed by atoms with E-state index in [0.29, 0.717) is 17.6 Å². The number of benzene rings is 1. The van der Waals surface area contributed by atoms with Crippen LogP contribution in [0.5, 0.6) is 0 Å². The highest BCUT2D eigenvalue weighted by Gasteiger charge is 2.48. The van der Waals surface area contributed by atoms with Crippen molar-refractivity contribution in [2.24, 2.45) is 11.3 Å². The SMILES string of the molecule is CN1CCCC2CC(C(C)(C)C)N(Cc3ccccc3)C21. The third-order valence-electron chi connectivity index (χ3n) is 5.43. The van der Waals surface area contributed by atoms with Gasteiger partial charge in [0.05, 0.1) is 6.17 Å². The van der Waals surface area contributed by atoms with E-state index in [1.54, 1.807) is 0 Å². The summed E-state index contributed by atoms with van der Waals surface area (Å²) >= 11 is 0. The molecule has 3 unspecified atom stereocenters. The van der Waals surface area contributed by atoms with Crippen LogP contribution in [0, 0.1) is 11.3 Å². The molecule has 0 aromatic heterocycles. The quantitative estimate of drug-likeness (QED) is 0.811. The topological polar surface area (TPSA) is 6.48 Å². The van der Waals surface area contributed by atoms with E-state index in [1.807, 2.05) is 0 Å². The van der Waals surface area contributed by atoms with E-state index in [2.05, 4.69) is 68.0 Å². The normalized spacial score (nSPS) is 31.3. The first kappa shape index (κ1) is 15.1. The molecule has 2 nitrogen and oxygen atoms in total. The Bertz CT molecular complexity index is 460. The molecule has 0 amide bonds. The summed E-state index contributed by atoms with van der Waals surface area (Å²) in [6.07, 6.45) is 4.79. The molecule has 3 rings (SSSR count). The standard InChI is InChI=1S/C19H30N2/c1-19(2,3)17-13-16-11-8-12-20(4)18(16)21(17)14-15-9-6-5-7-10-15/h5-7,9-10,16-18H,8,11-14H2,1-4H3. The van der Waals surface area contributed by atoms with Crippen LogP contribution in [-0.2, 0) is 6.54 Å². The Morgan fingerprint density at radius 3 is 2.52 bits per heavy atom. The Kier molecular flexibility index (Phi) is 4.11. The van der Waals surface area contributed by atoms with Crippen LogP contribution in [0.4, 0.5) is 0 Å². The van der Waals surface area contributed by atoms with E-state index in [1.165, 1.54) is 31.4 Å². The first-order valence-corrected chi connectivity index (χ1v) is 8.47. The van der Waals surface area contributed by atoms with Gasteiger partial charge in [0, 0.05) is 12.6 Å². The van der Waals surface area contributed by atoms with Gasteiger partial charge in [0.15, 0.2) is 0 Å². The van der Waals surface area contributed by atoms with Crippen LogP contribution in [0.15, 0.2) is 30.3 Å². The average Bonchev–Trinajstić information content (AvgIpc) is 2.80. The van der Waals surface area contributed by atoms with Gasteiger partial charge in [-0.25, -0.2) is 0 Å². The van der Waals surface area contributed by atoms with E-state index in [0.717, 1.165) is 12.5 Å². The van der Waals surface area contributed by atoms with Crippen molar-refractivity contribution in [3.8, 4) is 0 Å². The molecule has 0 N–H and O–H groups in total. The lowest BCUT2D eigenvalue weighted by Crippen LogP contribution is -2.52. The number of hydrogen-bond acceptors (Lipinski definition) is 2. The fraction of sp³-hybridized carbons (Fsp3) is 0.684. The summed E-state index contributed by atoms with van der Waals surface area (Å²) in [5.41, 5.74) is 1.80. The van der Waals surface area contributed by atoms with Gasteiger partial charge in [-0.1, -0.05) is 51.1 Å². The molecule has 116 valence electrons. The van der Waals surface area contributed by atoms with Crippen LogP contribution in [0.3, 0.4) is 0 Å². The van der Waals surface area contributed by atoms with Gasteiger partial charge in [-0.05, 0) is 49.8 Å². The Morgan fingerprint density at radius 1 is 1.14 bits per heavy atom. The highest BCUT2D eigenvalue weighted by Crippen LogP contribution is 2.44. The predicted octanol–water partition coefficient (Wildman–Crippen LogP) is 3.97. The van der Waals surface area contributed by atoms with Gasteiger partial charge >= 0.3 is 0 Å². The van der Waals surface area contributed by atoms with Gasteiger partial charge in [-0.2, -0.15) is 0 Å². The van der Waals surface area contributed by atoms with Gasteiger partial charge < -0.3 is 0 Å². The largest absolute Gasteiger partial charge is 0.291 e. The third kappa shape index (κ3) is 3.02. The van der Waals surface area contributed by atoms with Gasteiger partial charge in [-0.15, -0.1) is 0 Å². The molecule has 1 aromatic carbocycles. The van der Waals surface area contributed by atoms with E-state index in [-0.39, 0.29) is 0 Å². The summed E-state index contributed by atoms with van der Waals surface area (Å²) in [7, 11) is 2.32. The Balaban J connectivity index is 1.87. The van der Waals surface area contributed by atoms with Crippen molar-refractivity contribution in [2.45, 2.75) is 58.8 Å². The molecule has 1 aromatic rings. The summed E-state index contributed by atoms with van der Waals surface area (Å²) in [4.78, 5) is 5.39. The van der Waals surface area contributed by atoms with Crippen LogP contribution in [0.2, 0.25) is 0 Å². The van der Waals surface area contributed by atoms with Crippen molar-refractivity contribution in [3.63, 3.8) is 0 Å². The summed E-state index contributed by atoms with van der Waals surface area (Å²) < 4.78 is 0. The molecule has 21 heavy (non-hydrogen) atoms. The third-order valence-corrected chi connectivity index (χ3v) is 5.43. The molecule has 3 atom stereocenters. The summed E-state index contributed by atoms with van der Waals surface area (Å²) in [6.45, 7) is 9.57. The smallest absolute Gasteiger partial charge is 0.0655 e. The van der Waals surface area contributed by atoms with E-state index in [9.17, 15) is 0 Å². The zero-order valence-electron chi connectivity index (χ0n) is 14.0. The Hall–Kier alpha value is -0.860. The Labute approximate surface area is 130 Å². The van der Waals surface area contributed by atoms with Crippen LogP contribution in [-0.4, -0.2) is 35.6 Å². The molecule has 2 saturated heterocycles. The van der Waals surface area contributed by atoms with Crippen molar-refractivity contribution >= 4 is 0 Å². The number of likely N-dealkylation sites (tertiary alicyclic amines) is 2. The van der Waals surface area contributed by atoms with Crippen molar-refractivity contribution in [1.29, 1.82) is 0 Å². The summed E-state index contributed by atoms with van der Waals surface area (Å²) in [5.74, 6) is 0.858. The molecule has 0 spiro atoms. The monoisotopic (exact) mass is 286 g/mol. The second-order valence-corrected chi connectivity index (χ2v) is 8.07. The lowest BCUT2D eigenvalue weighted by molar-refractivity contribution is 0.0000313. The van der Waals surface area contributed by atoms with Crippen molar-refractivity contribution < 1.29 is 0 Å². The fourth-order valence-electron chi connectivity index (χ4n) is 4.46. The van der Waals surface area contributed by atoms with Gasteiger partial charge in [0.2, 0.25) is 0 Å². The minimum atomic E-state index is 0.354. The van der Waals surface area contributed by atoms with Gasteiger partial charge in [-0.3, -0.25) is 9.80 Å². The number of nitrogens with zero attached hydrogens (tertiary/aromatic N) is 2. The maximum atomic E-state index is 2.79. The lowest BCUT2D eigenvalue weighted by atomic mass is 9.82. The fourth-order valence-corrected chi connectivity index (χ4v) is 4.46. The molecule has 2 heteroatoms. The van der Waals surface area contributed by atoms with E-state index >= 15 is 0 Å². The van der Waals surface area contributed by atoms with Crippen molar-refractivity contribution in [2.75, 3.05) is 13.6 Å². The maximum Gasteiger partial charge on any atom is 0.0655 e.